The number of aryl methyl sites for hydroxylation is 1. The number of nitrogens with zero attached hydrogens (tertiary/aromatic N) is 1. The second-order valence-corrected chi connectivity index (χ2v) is 8.35. The number of nitro benzene ring substituents is 1. The van der Waals surface area contributed by atoms with Crippen LogP contribution in [0.3, 0.4) is 0 Å². The van der Waals surface area contributed by atoms with Crippen LogP contribution < -0.4 is 4.72 Å². The van der Waals surface area contributed by atoms with Crippen LogP contribution in [0.15, 0.2) is 70.9 Å². The van der Waals surface area contributed by atoms with Crippen molar-refractivity contribution in [2.45, 2.75) is 17.9 Å². The second kappa shape index (κ2) is 7.36. The fourth-order valence-electron chi connectivity index (χ4n) is 2.60. The lowest BCUT2D eigenvalue weighted by Gasteiger charge is -2.19. The van der Waals surface area contributed by atoms with Gasteiger partial charge in [0.25, 0.3) is 5.69 Å². The number of rotatable bonds is 6. The molecule has 0 aliphatic carbocycles. The van der Waals surface area contributed by atoms with Crippen molar-refractivity contribution in [3.8, 4) is 0 Å². The zero-order valence-corrected chi connectivity index (χ0v) is 15.5. The molecule has 26 heavy (non-hydrogen) atoms. The highest BCUT2D eigenvalue weighted by molar-refractivity contribution is 7.89. The van der Waals surface area contributed by atoms with Crippen LogP contribution in [0.1, 0.15) is 22.0 Å². The lowest BCUT2D eigenvalue weighted by molar-refractivity contribution is -0.385. The number of hydrogen-bond acceptors (Lipinski definition) is 5. The fraction of sp³-hybridized carbons (Fsp3) is 0.111. The highest BCUT2D eigenvalue weighted by atomic mass is 32.2. The minimum atomic E-state index is -3.97. The minimum Gasteiger partial charge on any atom is -0.258 e. The summed E-state index contributed by atoms with van der Waals surface area (Å²) in [4.78, 5) is 11.2. The lowest BCUT2D eigenvalue weighted by Crippen LogP contribution is -2.29. The minimum absolute atomic E-state index is 0.0933. The van der Waals surface area contributed by atoms with E-state index in [9.17, 15) is 18.5 Å². The molecule has 0 amide bonds. The molecule has 1 atom stereocenters. The van der Waals surface area contributed by atoms with E-state index in [0.717, 1.165) is 16.5 Å². The highest BCUT2D eigenvalue weighted by Gasteiger charge is 2.26. The first kappa shape index (κ1) is 18.2. The first-order chi connectivity index (χ1) is 12.4. The van der Waals surface area contributed by atoms with E-state index >= 15 is 0 Å². The van der Waals surface area contributed by atoms with Crippen LogP contribution in [0.2, 0.25) is 0 Å². The quantitative estimate of drug-likeness (QED) is 0.510. The molecular formula is C18H16N2O4S2. The summed E-state index contributed by atoms with van der Waals surface area (Å²) < 4.78 is 28.7. The Hall–Kier alpha value is -2.55. The number of benzene rings is 2. The van der Waals surface area contributed by atoms with Gasteiger partial charge in [0.2, 0.25) is 10.0 Å². The smallest absolute Gasteiger partial charge is 0.258 e. The molecule has 134 valence electrons. The van der Waals surface area contributed by atoms with Crippen molar-refractivity contribution < 1.29 is 13.3 Å². The molecule has 3 aromatic rings. The molecule has 0 saturated heterocycles. The normalized spacial score (nSPS) is 12.7. The Balaban J connectivity index is 2.04. The Morgan fingerprint density at radius 1 is 1.08 bits per heavy atom. The van der Waals surface area contributed by atoms with Crippen LogP contribution in [0.5, 0.6) is 0 Å². The van der Waals surface area contributed by atoms with Crippen molar-refractivity contribution in [3.63, 3.8) is 0 Å². The summed E-state index contributed by atoms with van der Waals surface area (Å²) in [6, 6.07) is 16.2. The number of hydrogen-bond donors (Lipinski definition) is 1. The van der Waals surface area contributed by atoms with Gasteiger partial charge in [-0.3, -0.25) is 10.1 Å². The largest absolute Gasteiger partial charge is 0.270 e. The van der Waals surface area contributed by atoms with Gasteiger partial charge in [0, 0.05) is 17.0 Å². The molecule has 0 saturated carbocycles. The third kappa shape index (κ3) is 3.82. The SMILES string of the molecule is Cc1ccc([N+](=O)[O-])cc1S(=O)(=O)N[C@@H](c1ccccc1)c1cccs1. The third-order valence-corrected chi connectivity index (χ3v) is 6.41. The van der Waals surface area contributed by atoms with Crippen LogP contribution in [-0.4, -0.2) is 13.3 Å². The molecule has 0 bridgehead atoms. The molecule has 3 rings (SSSR count). The zero-order chi connectivity index (χ0) is 18.7. The van der Waals surface area contributed by atoms with Gasteiger partial charge in [0.1, 0.15) is 0 Å². The van der Waals surface area contributed by atoms with E-state index in [1.54, 1.807) is 6.92 Å². The molecule has 8 heteroatoms. The molecule has 0 unspecified atom stereocenters. The Labute approximate surface area is 155 Å². The van der Waals surface area contributed by atoms with Gasteiger partial charge in [-0.25, -0.2) is 8.42 Å². The number of sulfonamides is 1. The molecule has 0 radical (unpaired) electrons. The number of thiophene rings is 1. The van der Waals surface area contributed by atoms with Crippen molar-refractivity contribution in [2.75, 3.05) is 0 Å². The van der Waals surface area contributed by atoms with Crippen LogP contribution in [-0.2, 0) is 10.0 Å². The molecular weight excluding hydrogens is 372 g/mol. The van der Waals surface area contributed by atoms with Gasteiger partial charge in [-0.1, -0.05) is 42.5 Å². The van der Waals surface area contributed by atoms with Gasteiger partial charge < -0.3 is 0 Å². The second-order valence-electron chi connectivity index (χ2n) is 5.69. The molecule has 0 aliphatic heterocycles. The maximum absolute atomic E-state index is 13.0. The number of nitro groups is 1. The van der Waals surface area contributed by atoms with Gasteiger partial charge in [-0.2, -0.15) is 4.72 Å². The number of non-ortho nitro benzene ring substituents is 1. The Bertz CT molecular complexity index is 1020. The predicted molar refractivity (Wildman–Crippen MR) is 101 cm³/mol. The standard InChI is InChI=1S/C18H16N2O4S2/c1-13-9-10-15(20(21)22)12-17(13)26(23,24)19-18(16-8-5-11-25-16)14-6-3-2-4-7-14/h2-12,18-19H,1H3/t18-/m0/s1. The molecule has 0 aliphatic rings. The summed E-state index contributed by atoms with van der Waals surface area (Å²) in [5, 5.41) is 12.9. The monoisotopic (exact) mass is 388 g/mol. The van der Waals surface area contributed by atoms with Crippen molar-refractivity contribution in [1.29, 1.82) is 0 Å². The molecule has 1 heterocycles. The number of nitrogens with one attached hydrogen (secondary N) is 1. The summed E-state index contributed by atoms with van der Waals surface area (Å²) in [6.07, 6.45) is 0. The molecule has 1 N–H and O–H groups in total. The lowest BCUT2D eigenvalue weighted by atomic mass is 10.1. The zero-order valence-electron chi connectivity index (χ0n) is 13.8. The van der Waals surface area contributed by atoms with Crippen molar-refractivity contribution in [2.24, 2.45) is 0 Å². The molecule has 0 fully saturated rings. The molecule has 1 aromatic heterocycles. The summed E-state index contributed by atoms with van der Waals surface area (Å²) in [5.41, 5.74) is 0.978. The maximum atomic E-state index is 13.0. The maximum Gasteiger partial charge on any atom is 0.270 e. The first-order valence-electron chi connectivity index (χ1n) is 7.74. The van der Waals surface area contributed by atoms with Crippen LogP contribution >= 0.6 is 11.3 Å². The average molecular weight is 388 g/mol. The highest BCUT2D eigenvalue weighted by Crippen LogP contribution is 2.29. The van der Waals surface area contributed by atoms with Crippen LogP contribution in [0, 0.1) is 17.0 Å². The van der Waals surface area contributed by atoms with Crippen LogP contribution in [0.25, 0.3) is 0 Å². The Morgan fingerprint density at radius 3 is 2.42 bits per heavy atom. The van der Waals surface area contributed by atoms with E-state index in [0.29, 0.717) is 5.56 Å². The van der Waals surface area contributed by atoms with Crippen molar-refractivity contribution in [3.05, 3.63) is 92.2 Å². The Morgan fingerprint density at radius 2 is 1.81 bits per heavy atom. The van der Waals surface area contributed by atoms with Crippen molar-refractivity contribution >= 4 is 27.0 Å². The average Bonchev–Trinajstić information content (AvgIpc) is 3.15. The van der Waals surface area contributed by atoms with Gasteiger partial charge in [-0.15, -0.1) is 11.3 Å². The topological polar surface area (TPSA) is 89.3 Å². The first-order valence-corrected chi connectivity index (χ1v) is 10.1. The predicted octanol–water partition coefficient (Wildman–Crippen LogP) is 4.03. The Kier molecular flexibility index (Phi) is 5.17. The summed E-state index contributed by atoms with van der Waals surface area (Å²) in [5.74, 6) is 0. The van der Waals surface area contributed by atoms with E-state index in [1.165, 1.54) is 23.5 Å². The van der Waals surface area contributed by atoms with E-state index in [4.69, 9.17) is 0 Å². The summed E-state index contributed by atoms with van der Waals surface area (Å²) in [6.45, 7) is 1.61. The van der Waals surface area contributed by atoms with Gasteiger partial charge in [0.15, 0.2) is 0 Å². The van der Waals surface area contributed by atoms with Gasteiger partial charge in [0.05, 0.1) is 15.9 Å². The van der Waals surface area contributed by atoms with E-state index in [1.807, 2.05) is 47.8 Å². The van der Waals surface area contributed by atoms with Crippen molar-refractivity contribution in [1.82, 2.24) is 4.72 Å². The van der Waals surface area contributed by atoms with Gasteiger partial charge >= 0.3 is 0 Å². The third-order valence-electron chi connectivity index (χ3n) is 3.91. The van der Waals surface area contributed by atoms with Gasteiger partial charge in [-0.05, 0) is 29.5 Å². The molecule has 6 nitrogen and oxygen atoms in total. The van der Waals surface area contributed by atoms with E-state index in [2.05, 4.69) is 4.72 Å². The molecule has 2 aromatic carbocycles. The van der Waals surface area contributed by atoms with E-state index in [-0.39, 0.29) is 10.6 Å². The van der Waals surface area contributed by atoms with E-state index < -0.39 is 21.0 Å². The van der Waals surface area contributed by atoms with Crippen LogP contribution in [0.4, 0.5) is 5.69 Å². The summed E-state index contributed by atoms with van der Waals surface area (Å²) in [7, 11) is -3.97. The molecule has 0 spiro atoms. The fourth-order valence-corrected chi connectivity index (χ4v) is 4.95. The summed E-state index contributed by atoms with van der Waals surface area (Å²) >= 11 is 1.44.